The van der Waals surface area contributed by atoms with Crippen molar-refractivity contribution in [1.82, 2.24) is 9.97 Å². The Morgan fingerprint density at radius 2 is 1.95 bits per heavy atom. The highest BCUT2D eigenvalue weighted by atomic mass is 79.9. The van der Waals surface area contributed by atoms with Gasteiger partial charge in [0.25, 0.3) is 0 Å². The van der Waals surface area contributed by atoms with Gasteiger partial charge in [-0.25, -0.2) is 9.97 Å². The molecule has 0 amide bonds. The summed E-state index contributed by atoms with van der Waals surface area (Å²) in [6.45, 7) is 4.16. The van der Waals surface area contributed by atoms with E-state index in [2.05, 4.69) is 50.4 Å². The number of anilines is 3. The van der Waals surface area contributed by atoms with Crippen molar-refractivity contribution in [2.75, 3.05) is 17.7 Å². The van der Waals surface area contributed by atoms with Crippen molar-refractivity contribution in [3.8, 4) is 0 Å². The third-order valence-electron chi connectivity index (χ3n) is 3.06. The van der Waals surface area contributed by atoms with Gasteiger partial charge in [0.15, 0.2) is 0 Å². The molecule has 1 aromatic carbocycles. The fourth-order valence-electron chi connectivity index (χ4n) is 1.94. The van der Waals surface area contributed by atoms with Gasteiger partial charge in [-0.15, -0.1) is 0 Å². The van der Waals surface area contributed by atoms with E-state index in [-0.39, 0.29) is 0 Å². The molecule has 0 aliphatic heterocycles. The van der Waals surface area contributed by atoms with Crippen molar-refractivity contribution in [1.29, 1.82) is 0 Å². The highest BCUT2D eigenvalue weighted by molar-refractivity contribution is 9.10. The minimum absolute atomic E-state index is 0.850. The van der Waals surface area contributed by atoms with Gasteiger partial charge in [0.1, 0.15) is 18.0 Å². The van der Waals surface area contributed by atoms with Crippen LogP contribution in [0.3, 0.4) is 0 Å². The van der Waals surface area contributed by atoms with Crippen LogP contribution < -0.4 is 10.6 Å². The summed E-state index contributed by atoms with van der Waals surface area (Å²) in [4.78, 5) is 8.59. The maximum absolute atomic E-state index is 4.35. The standard InChI is InChI=1S/C14H17BrN4/c1-4-10-13(16-3)17-8-18-14(10)19-12-7-5-6-11(15)9(12)2/h5-8H,4H2,1-3H3,(H2,16,17,18,19). The first-order chi connectivity index (χ1) is 9.17. The van der Waals surface area contributed by atoms with E-state index in [0.29, 0.717) is 0 Å². The monoisotopic (exact) mass is 320 g/mol. The first-order valence-electron chi connectivity index (χ1n) is 6.21. The summed E-state index contributed by atoms with van der Waals surface area (Å²) in [5, 5.41) is 6.48. The van der Waals surface area contributed by atoms with E-state index < -0.39 is 0 Å². The van der Waals surface area contributed by atoms with Gasteiger partial charge in [-0.2, -0.15) is 0 Å². The molecule has 0 aliphatic rings. The van der Waals surface area contributed by atoms with Gasteiger partial charge in [0.2, 0.25) is 0 Å². The molecular weight excluding hydrogens is 304 g/mol. The molecule has 1 heterocycles. The zero-order valence-electron chi connectivity index (χ0n) is 11.3. The van der Waals surface area contributed by atoms with Gasteiger partial charge in [-0.1, -0.05) is 28.9 Å². The molecule has 19 heavy (non-hydrogen) atoms. The van der Waals surface area contributed by atoms with Gasteiger partial charge in [0.05, 0.1) is 0 Å². The molecule has 2 N–H and O–H groups in total. The molecule has 0 saturated heterocycles. The van der Waals surface area contributed by atoms with Crippen molar-refractivity contribution in [2.24, 2.45) is 0 Å². The lowest BCUT2D eigenvalue weighted by atomic mass is 10.1. The Kier molecular flexibility index (Phi) is 4.37. The fourth-order valence-corrected chi connectivity index (χ4v) is 2.31. The van der Waals surface area contributed by atoms with Crippen LogP contribution in [0.2, 0.25) is 0 Å². The van der Waals surface area contributed by atoms with Crippen LogP contribution in [0.4, 0.5) is 17.3 Å². The molecule has 0 bridgehead atoms. The highest BCUT2D eigenvalue weighted by Gasteiger charge is 2.10. The van der Waals surface area contributed by atoms with Crippen molar-refractivity contribution in [2.45, 2.75) is 20.3 Å². The van der Waals surface area contributed by atoms with E-state index in [1.807, 2.05) is 25.2 Å². The normalized spacial score (nSPS) is 10.3. The number of rotatable bonds is 4. The number of nitrogens with zero attached hydrogens (tertiary/aromatic N) is 2. The molecule has 0 radical (unpaired) electrons. The zero-order chi connectivity index (χ0) is 13.8. The molecule has 0 fully saturated rings. The molecule has 0 saturated carbocycles. The number of halogens is 1. The van der Waals surface area contributed by atoms with Crippen LogP contribution in [0.1, 0.15) is 18.1 Å². The summed E-state index contributed by atoms with van der Waals surface area (Å²) in [5.41, 5.74) is 3.29. The van der Waals surface area contributed by atoms with Crippen LogP contribution in [-0.2, 0) is 6.42 Å². The summed E-state index contributed by atoms with van der Waals surface area (Å²) in [6, 6.07) is 6.08. The third-order valence-corrected chi connectivity index (χ3v) is 3.92. The van der Waals surface area contributed by atoms with E-state index in [4.69, 9.17) is 0 Å². The Hall–Kier alpha value is -1.62. The van der Waals surface area contributed by atoms with Crippen molar-refractivity contribution < 1.29 is 0 Å². The molecule has 1 aromatic heterocycles. The van der Waals surface area contributed by atoms with Crippen LogP contribution in [0.25, 0.3) is 0 Å². The molecule has 0 spiro atoms. The summed E-state index contributed by atoms with van der Waals surface area (Å²) in [7, 11) is 1.87. The second kappa shape index (κ2) is 6.02. The molecule has 0 aliphatic carbocycles. The first kappa shape index (κ1) is 13.8. The molecule has 0 atom stereocenters. The molecule has 0 unspecified atom stereocenters. The van der Waals surface area contributed by atoms with E-state index in [0.717, 1.165) is 39.3 Å². The Morgan fingerprint density at radius 3 is 2.63 bits per heavy atom. The summed E-state index contributed by atoms with van der Waals surface area (Å²) in [6.07, 6.45) is 2.44. The predicted octanol–water partition coefficient (Wildman–Crippen LogP) is 3.90. The fraction of sp³-hybridized carbons (Fsp3) is 0.286. The van der Waals surface area contributed by atoms with Crippen molar-refractivity contribution >= 4 is 33.3 Å². The maximum Gasteiger partial charge on any atom is 0.139 e. The average Bonchev–Trinajstić information content (AvgIpc) is 2.43. The average molecular weight is 321 g/mol. The molecule has 5 heteroatoms. The Labute approximate surface area is 121 Å². The molecular formula is C14H17BrN4. The Bertz CT molecular complexity index is 584. The number of nitrogens with one attached hydrogen (secondary N) is 2. The second-order valence-electron chi connectivity index (χ2n) is 4.19. The summed E-state index contributed by atoms with van der Waals surface area (Å²) >= 11 is 3.54. The van der Waals surface area contributed by atoms with Crippen LogP contribution in [0.5, 0.6) is 0 Å². The molecule has 2 rings (SSSR count). The first-order valence-corrected chi connectivity index (χ1v) is 7.00. The molecule has 100 valence electrons. The smallest absolute Gasteiger partial charge is 0.139 e. The minimum Gasteiger partial charge on any atom is -0.373 e. The lowest BCUT2D eigenvalue weighted by Crippen LogP contribution is -2.05. The van der Waals surface area contributed by atoms with E-state index in [1.165, 1.54) is 0 Å². The molecule has 2 aromatic rings. The maximum atomic E-state index is 4.35. The van der Waals surface area contributed by atoms with Crippen LogP contribution in [0.15, 0.2) is 29.0 Å². The van der Waals surface area contributed by atoms with Crippen molar-refractivity contribution in [3.63, 3.8) is 0 Å². The number of benzene rings is 1. The van der Waals surface area contributed by atoms with Gasteiger partial charge < -0.3 is 10.6 Å². The van der Waals surface area contributed by atoms with Crippen LogP contribution in [-0.4, -0.2) is 17.0 Å². The highest BCUT2D eigenvalue weighted by Crippen LogP contribution is 2.28. The van der Waals surface area contributed by atoms with Crippen LogP contribution in [0, 0.1) is 6.92 Å². The number of aromatic nitrogens is 2. The second-order valence-corrected chi connectivity index (χ2v) is 5.04. The topological polar surface area (TPSA) is 49.8 Å². The van der Waals surface area contributed by atoms with Crippen molar-refractivity contribution in [3.05, 3.63) is 40.1 Å². The van der Waals surface area contributed by atoms with Gasteiger partial charge in [-0.05, 0) is 31.0 Å². The van der Waals surface area contributed by atoms with Gasteiger partial charge >= 0.3 is 0 Å². The number of hydrogen-bond donors (Lipinski definition) is 2. The Balaban J connectivity index is 2.41. The van der Waals surface area contributed by atoms with E-state index in [9.17, 15) is 0 Å². The van der Waals surface area contributed by atoms with E-state index >= 15 is 0 Å². The molecule has 4 nitrogen and oxygen atoms in total. The van der Waals surface area contributed by atoms with E-state index in [1.54, 1.807) is 6.33 Å². The SMILES string of the molecule is CCc1c(NC)ncnc1Nc1cccc(Br)c1C. The summed E-state index contributed by atoms with van der Waals surface area (Å²) in [5.74, 6) is 1.72. The lowest BCUT2D eigenvalue weighted by Gasteiger charge is -2.14. The largest absolute Gasteiger partial charge is 0.373 e. The number of hydrogen-bond acceptors (Lipinski definition) is 4. The zero-order valence-corrected chi connectivity index (χ0v) is 12.9. The van der Waals surface area contributed by atoms with Gasteiger partial charge in [0, 0.05) is 22.8 Å². The minimum atomic E-state index is 0.850. The lowest BCUT2D eigenvalue weighted by molar-refractivity contribution is 1.05. The predicted molar refractivity (Wildman–Crippen MR) is 83.1 cm³/mol. The quantitative estimate of drug-likeness (QED) is 0.897. The van der Waals surface area contributed by atoms with Crippen LogP contribution >= 0.6 is 15.9 Å². The Morgan fingerprint density at radius 1 is 1.21 bits per heavy atom. The van der Waals surface area contributed by atoms with Gasteiger partial charge in [-0.3, -0.25) is 0 Å². The third kappa shape index (κ3) is 2.87. The summed E-state index contributed by atoms with van der Waals surface area (Å²) < 4.78 is 1.08.